The van der Waals surface area contributed by atoms with Crippen LogP contribution in [-0.4, -0.2) is 29.7 Å². The third-order valence-corrected chi connectivity index (χ3v) is 3.23. The lowest BCUT2D eigenvalue weighted by Crippen LogP contribution is -2.41. The molecular weight excluding hydrogens is 254 g/mol. The van der Waals surface area contributed by atoms with Gasteiger partial charge in [0.05, 0.1) is 18.2 Å². The Morgan fingerprint density at radius 1 is 1.47 bits per heavy atom. The second-order valence-corrected chi connectivity index (χ2v) is 4.75. The van der Waals surface area contributed by atoms with E-state index in [1.807, 2.05) is 0 Å². The molecule has 1 saturated heterocycles. The van der Waals surface area contributed by atoms with E-state index in [9.17, 15) is 18.7 Å². The van der Waals surface area contributed by atoms with Crippen LogP contribution in [0.4, 0.5) is 8.78 Å². The quantitative estimate of drug-likeness (QED) is 0.763. The summed E-state index contributed by atoms with van der Waals surface area (Å²) in [5.74, 6) is -2.11. The lowest BCUT2D eigenvalue weighted by atomic mass is 10.1. The molecule has 104 valence electrons. The summed E-state index contributed by atoms with van der Waals surface area (Å²) in [5.41, 5.74) is 0.491. The normalized spacial score (nSPS) is 24.2. The maximum atomic E-state index is 13.1. The van der Waals surface area contributed by atoms with E-state index in [1.165, 1.54) is 6.07 Å². The zero-order valence-electron chi connectivity index (χ0n) is 10.5. The molecule has 19 heavy (non-hydrogen) atoms. The number of β-amino-alcohol motifs (C(OH)–C–C–N with tert-alkyl or cyclic N) is 1. The molecule has 1 heterocycles. The third kappa shape index (κ3) is 3.27. The number of carbonyl (C=O) groups is 1. The predicted octanol–water partition coefficient (Wildman–Crippen LogP) is 0.865. The van der Waals surface area contributed by atoms with E-state index in [0.29, 0.717) is 18.5 Å². The van der Waals surface area contributed by atoms with Crippen molar-refractivity contribution in [2.24, 2.45) is 0 Å². The molecule has 1 aliphatic heterocycles. The Bertz CT molecular complexity index is 482. The largest absolute Gasteiger partial charge is 0.392 e. The molecule has 0 unspecified atom stereocenters. The predicted molar refractivity (Wildman–Crippen MR) is 65.3 cm³/mol. The Hall–Kier alpha value is -1.53. The average Bonchev–Trinajstić information content (AvgIpc) is 2.79. The Morgan fingerprint density at radius 3 is 2.79 bits per heavy atom. The smallest absolute Gasteiger partial charge is 0.237 e. The van der Waals surface area contributed by atoms with Crippen LogP contribution in [0.25, 0.3) is 0 Å². The van der Waals surface area contributed by atoms with Gasteiger partial charge in [-0.05, 0) is 31.0 Å². The maximum absolute atomic E-state index is 13.1. The van der Waals surface area contributed by atoms with Crippen molar-refractivity contribution in [3.63, 3.8) is 0 Å². The fraction of sp³-hybridized carbons (Fsp3) is 0.462. The Kier molecular flexibility index (Phi) is 4.11. The van der Waals surface area contributed by atoms with Crippen molar-refractivity contribution in [2.75, 3.05) is 6.54 Å². The second kappa shape index (κ2) is 5.63. The van der Waals surface area contributed by atoms with Crippen LogP contribution < -0.4 is 10.6 Å². The van der Waals surface area contributed by atoms with Crippen LogP contribution in [0.2, 0.25) is 0 Å². The second-order valence-electron chi connectivity index (χ2n) is 4.75. The van der Waals surface area contributed by atoms with E-state index in [4.69, 9.17) is 0 Å². The lowest BCUT2D eigenvalue weighted by molar-refractivity contribution is -0.123. The van der Waals surface area contributed by atoms with E-state index in [-0.39, 0.29) is 5.91 Å². The molecule has 1 amide bonds. The number of hydrogen-bond acceptors (Lipinski definition) is 3. The van der Waals surface area contributed by atoms with E-state index >= 15 is 0 Å². The van der Waals surface area contributed by atoms with Crippen molar-refractivity contribution in [3.05, 3.63) is 35.4 Å². The molecule has 1 aliphatic rings. The first-order valence-electron chi connectivity index (χ1n) is 6.14. The van der Waals surface area contributed by atoms with Crippen LogP contribution in [0.3, 0.4) is 0 Å². The van der Waals surface area contributed by atoms with Crippen LogP contribution in [0, 0.1) is 11.6 Å². The molecule has 6 heteroatoms. The monoisotopic (exact) mass is 270 g/mol. The fourth-order valence-electron chi connectivity index (χ4n) is 2.10. The zero-order chi connectivity index (χ0) is 14.0. The van der Waals surface area contributed by atoms with Crippen LogP contribution >= 0.6 is 0 Å². The van der Waals surface area contributed by atoms with Gasteiger partial charge in [-0.2, -0.15) is 0 Å². The summed E-state index contributed by atoms with van der Waals surface area (Å²) >= 11 is 0. The highest BCUT2D eigenvalue weighted by atomic mass is 19.2. The first-order valence-corrected chi connectivity index (χ1v) is 6.14. The molecule has 3 N–H and O–H groups in total. The van der Waals surface area contributed by atoms with Gasteiger partial charge in [0.15, 0.2) is 11.6 Å². The molecule has 0 radical (unpaired) electrons. The van der Waals surface area contributed by atoms with Gasteiger partial charge >= 0.3 is 0 Å². The van der Waals surface area contributed by atoms with Crippen molar-refractivity contribution in [2.45, 2.75) is 31.5 Å². The van der Waals surface area contributed by atoms with Gasteiger partial charge in [-0.15, -0.1) is 0 Å². The van der Waals surface area contributed by atoms with Gasteiger partial charge in [-0.25, -0.2) is 8.78 Å². The molecule has 2 rings (SSSR count). The highest BCUT2D eigenvalue weighted by molar-refractivity contribution is 5.82. The molecule has 1 aromatic rings. The first-order chi connectivity index (χ1) is 8.97. The van der Waals surface area contributed by atoms with Crippen molar-refractivity contribution in [1.29, 1.82) is 0 Å². The van der Waals surface area contributed by atoms with Gasteiger partial charge in [0.2, 0.25) is 5.91 Å². The summed E-state index contributed by atoms with van der Waals surface area (Å²) in [4.78, 5) is 11.9. The summed E-state index contributed by atoms with van der Waals surface area (Å²) in [6.45, 7) is 2.08. The van der Waals surface area contributed by atoms with E-state index < -0.39 is 29.8 Å². The number of amides is 1. The zero-order valence-corrected chi connectivity index (χ0v) is 10.5. The number of halogens is 2. The lowest BCUT2D eigenvalue weighted by Gasteiger charge is -2.17. The van der Waals surface area contributed by atoms with Crippen LogP contribution in [0.15, 0.2) is 18.2 Å². The minimum Gasteiger partial charge on any atom is -0.392 e. The standard InChI is InChI=1S/C13H16F2N2O2/c1-7(8-2-3-10(14)11(15)4-8)17-13(19)12-5-9(18)6-16-12/h2-4,7,9,12,16,18H,5-6H2,1H3,(H,17,19)/t7-,9+,12-/m0/s1. The highest BCUT2D eigenvalue weighted by Crippen LogP contribution is 2.16. The fourth-order valence-corrected chi connectivity index (χ4v) is 2.10. The Labute approximate surface area is 109 Å². The van der Waals surface area contributed by atoms with Gasteiger partial charge in [0.1, 0.15) is 0 Å². The van der Waals surface area contributed by atoms with Crippen molar-refractivity contribution < 1.29 is 18.7 Å². The Balaban J connectivity index is 1.98. The molecule has 0 bridgehead atoms. The van der Waals surface area contributed by atoms with Crippen LogP contribution in [0.1, 0.15) is 24.9 Å². The average molecular weight is 270 g/mol. The third-order valence-electron chi connectivity index (χ3n) is 3.23. The van der Waals surface area contributed by atoms with Gasteiger partial charge in [-0.3, -0.25) is 4.79 Å². The molecule has 1 aromatic carbocycles. The number of benzene rings is 1. The number of aliphatic hydroxyl groups excluding tert-OH is 1. The van der Waals surface area contributed by atoms with E-state index in [0.717, 1.165) is 12.1 Å². The van der Waals surface area contributed by atoms with Crippen LogP contribution in [0.5, 0.6) is 0 Å². The number of hydrogen-bond donors (Lipinski definition) is 3. The summed E-state index contributed by atoms with van der Waals surface area (Å²) in [6, 6.07) is 2.66. The molecule has 0 spiro atoms. The summed E-state index contributed by atoms with van der Waals surface area (Å²) in [6.07, 6.45) is -0.162. The molecule has 0 aromatic heterocycles. The molecule has 0 saturated carbocycles. The number of aliphatic hydroxyl groups is 1. The van der Waals surface area contributed by atoms with E-state index in [1.54, 1.807) is 6.92 Å². The number of rotatable bonds is 3. The summed E-state index contributed by atoms with van der Waals surface area (Å²) in [7, 11) is 0. The highest BCUT2D eigenvalue weighted by Gasteiger charge is 2.28. The topological polar surface area (TPSA) is 61.4 Å². The molecule has 4 nitrogen and oxygen atoms in total. The maximum Gasteiger partial charge on any atom is 0.237 e. The van der Waals surface area contributed by atoms with Crippen LogP contribution in [-0.2, 0) is 4.79 Å². The first kappa shape index (κ1) is 13.9. The summed E-state index contributed by atoms with van der Waals surface area (Å²) in [5, 5.41) is 14.9. The van der Waals surface area contributed by atoms with Gasteiger partial charge in [-0.1, -0.05) is 6.07 Å². The Morgan fingerprint density at radius 2 is 2.21 bits per heavy atom. The van der Waals surface area contributed by atoms with E-state index in [2.05, 4.69) is 10.6 Å². The minimum atomic E-state index is -0.937. The molecule has 0 aliphatic carbocycles. The molecule has 3 atom stereocenters. The SMILES string of the molecule is C[C@H](NC(=O)[C@@H]1C[C@@H](O)CN1)c1ccc(F)c(F)c1. The summed E-state index contributed by atoms with van der Waals surface area (Å²) < 4.78 is 25.9. The molecular formula is C13H16F2N2O2. The van der Waals surface area contributed by atoms with Gasteiger partial charge < -0.3 is 15.7 Å². The van der Waals surface area contributed by atoms with Crippen molar-refractivity contribution >= 4 is 5.91 Å². The number of carbonyl (C=O) groups excluding carboxylic acids is 1. The minimum absolute atomic E-state index is 0.256. The van der Waals surface area contributed by atoms with Gasteiger partial charge in [0, 0.05) is 6.54 Å². The molecule has 1 fully saturated rings. The number of nitrogens with one attached hydrogen (secondary N) is 2. The van der Waals surface area contributed by atoms with Gasteiger partial charge in [0.25, 0.3) is 0 Å². The van der Waals surface area contributed by atoms with Crippen molar-refractivity contribution in [1.82, 2.24) is 10.6 Å². The van der Waals surface area contributed by atoms with Crippen molar-refractivity contribution in [3.8, 4) is 0 Å².